The fourth-order valence-electron chi connectivity index (χ4n) is 1.57. The first-order valence-corrected chi connectivity index (χ1v) is 7.09. The van der Waals surface area contributed by atoms with Crippen molar-refractivity contribution in [3.05, 3.63) is 54.3 Å². The molecule has 2 rings (SSSR count). The Bertz CT molecular complexity index is 516. The highest BCUT2D eigenvalue weighted by Gasteiger charge is 1.97. The van der Waals surface area contributed by atoms with Crippen molar-refractivity contribution in [3.8, 4) is 5.75 Å². The summed E-state index contributed by atoms with van der Waals surface area (Å²) in [4.78, 5) is 1.17. The molecule has 2 N–H and O–H groups in total. The molecule has 0 aliphatic carbocycles. The van der Waals surface area contributed by atoms with Gasteiger partial charge in [-0.3, -0.25) is 0 Å². The number of hydrogen-bond donors (Lipinski definition) is 1. The summed E-state index contributed by atoms with van der Waals surface area (Å²) in [6, 6.07) is 13.9. The largest absolute Gasteiger partial charge is 0.494 e. The molecule has 19 heavy (non-hydrogen) atoms. The number of thioether (sulfide) groups is 1. The Morgan fingerprint density at radius 3 is 2.63 bits per heavy atom. The molecule has 0 amide bonds. The molecule has 0 aliphatic heterocycles. The molecule has 2 nitrogen and oxygen atoms in total. The van der Waals surface area contributed by atoms with Crippen LogP contribution in [0.4, 0.5) is 10.1 Å². The van der Waals surface area contributed by atoms with Gasteiger partial charge in [0, 0.05) is 16.3 Å². The van der Waals surface area contributed by atoms with Gasteiger partial charge >= 0.3 is 0 Å². The summed E-state index contributed by atoms with van der Waals surface area (Å²) < 4.78 is 18.2. The first-order valence-electron chi connectivity index (χ1n) is 6.11. The van der Waals surface area contributed by atoms with Gasteiger partial charge in [-0.2, -0.15) is 0 Å². The average Bonchev–Trinajstić information content (AvgIpc) is 2.41. The Morgan fingerprint density at radius 1 is 1.11 bits per heavy atom. The lowest BCUT2D eigenvalue weighted by Crippen LogP contribution is -1.98. The first kappa shape index (κ1) is 13.7. The summed E-state index contributed by atoms with van der Waals surface area (Å²) in [6.45, 7) is 0.626. The Morgan fingerprint density at radius 2 is 1.89 bits per heavy atom. The maximum absolute atomic E-state index is 12.7. The van der Waals surface area contributed by atoms with Crippen LogP contribution in [0.2, 0.25) is 0 Å². The summed E-state index contributed by atoms with van der Waals surface area (Å²) >= 11 is 1.75. The number of hydrogen-bond acceptors (Lipinski definition) is 3. The van der Waals surface area contributed by atoms with Gasteiger partial charge in [0.25, 0.3) is 0 Å². The SMILES string of the molecule is Nc1cccc(SCCCOc2ccc(F)cc2)c1. The summed E-state index contributed by atoms with van der Waals surface area (Å²) in [5.41, 5.74) is 6.49. The average molecular weight is 277 g/mol. The van der Waals surface area contributed by atoms with Crippen LogP contribution in [0.5, 0.6) is 5.75 Å². The molecule has 2 aromatic carbocycles. The van der Waals surface area contributed by atoms with Crippen LogP contribution < -0.4 is 10.5 Å². The Labute approximate surface area is 116 Å². The maximum atomic E-state index is 12.7. The number of anilines is 1. The van der Waals surface area contributed by atoms with Crippen molar-refractivity contribution in [2.75, 3.05) is 18.1 Å². The van der Waals surface area contributed by atoms with Crippen LogP contribution in [0.1, 0.15) is 6.42 Å². The predicted molar refractivity (Wildman–Crippen MR) is 78.1 cm³/mol. The van der Waals surface area contributed by atoms with Gasteiger partial charge in [-0.1, -0.05) is 6.07 Å². The van der Waals surface area contributed by atoms with Crippen molar-refractivity contribution in [3.63, 3.8) is 0 Å². The van der Waals surface area contributed by atoms with Gasteiger partial charge in [-0.05, 0) is 48.9 Å². The van der Waals surface area contributed by atoms with Crippen molar-refractivity contribution in [1.82, 2.24) is 0 Å². The van der Waals surface area contributed by atoms with E-state index in [0.29, 0.717) is 12.4 Å². The zero-order valence-electron chi connectivity index (χ0n) is 10.5. The number of ether oxygens (including phenoxy) is 1. The third-order valence-corrected chi connectivity index (χ3v) is 3.58. The summed E-state index contributed by atoms with van der Waals surface area (Å²) in [5.74, 6) is 1.42. The van der Waals surface area contributed by atoms with Crippen LogP contribution in [0, 0.1) is 5.82 Å². The zero-order valence-corrected chi connectivity index (χ0v) is 11.3. The minimum absolute atomic E-state index is 0.246. The van der Waals surface area contributed by atoms with Gasteiger partial charge in [0.1, 0.15) is 11.6 Å². The quantitative estimate of drug-likeness (QED) is 0.493. The van der Waals surface area contributed by atoms with Crippen molar-refractivity contribution < 1.29 is 9.13 Å². The van der Waals surface area contributed by atoms with Gasteiger partial charge in [0.15, 0.2) is 0 Å². The second kappa shape index (κ2) is 7.04. The van der Waals surface area contributed by atoms with E-state index in [9.17, 15) is 4.39 Å². The van der Waals surface area contributed by atoms with Crippen LogP contribution in [0.25, 0.3) is 0 Å². The second-order valence-electron chi connectivity index (χ2n) is 4.08. The Hall–Kier alpha value is -1.68. The monoisotopic (exact) mass is 277 g/mol. The van der Waals surface area contributed by atoms with E-state index in [1.165, 1.54) is 17.0 Å². The molecular weight excluding hydrogens is 261 g/mol. The molecule has 0 bridgehead atoms. The fraction of sp³-hybridized carbons (Fsp3) is 0.200. The molecule has 0 aliphatic rings. The highest BCUT2D eigenvalue weighted by atomic mass is 32.2. The van der Waals surface area contributed by atoms with Crippen LogP contribution in [0.15, 0.2) is 53.4 Å². The predicted octanol–water partition coefficient (Wildman–Crippen LogP) is 3.97. The molecule has 0 aromatic heterocycles. The number of benzene rings is 2. The van der Waals surface area contributed by atoms with Gasteiger partial charge in [-0.15, -0.1) is 11.8 Å². The minimum Gasteiger partial charge on any atom is -0.494 e. The van der Waals surface area contributed by atoms with Crippen LogP contribution in [-0.2, 0) is 0 Å². The highest BCUT2D eigenvalue weighted by Crippen LogP contribution is 2.21. The topological polar surface area (TPSA) is 35.2 Å². The van der Waals surface area contributed by atoms with E-state index >= 15 is 0 Å². The van der Waals surface area contributed by atoms with E-state index in [-0.39, 0.29) is 5.82 Å². The summed E-state index contributed by atoms with van der Waals surface area (Å²) in [5, 5.41) is 0. The second-order valence-corrected chi connectivity index (χ2v) is 5.25. The van der Waals surface area contributed by atoms with Gasteiger partial charge < -0.3 is 10.5 Å². The van der Waals surface area contributed by atoms with Crippen molar-refractivity contribution in [2.45, 2.75) is 11.3 Å². The molecule has 0 spiro atoms. The third-order valence-electron chi connectivity index (χ3n) is 2.50. The van der Waals surface area contributed by atoms with Crippen LogP contribution >= 0.6 is 11.8 Å². The van der Waals surface area contributed by atoms with Crippen LogP contribution in [-0.4, -0.2) is 12.4 Å². The fourth-order valence-corrected chi connectivity index (χ4v) is 2.47. The van der Waals surface area contributed by atoms with E-state index in [1.54, 1.807) is 23.9 Å². The molecule has 0 saturated carbocycles. The van der Waals surface area contributed by atoms with E-state index in [4.69, 9.17) is 10.5 Å². The molecular formula is C15H16FNOS. The molecule has 4 heteroatoms. The van der Waals surface area contributed by atoms with Crippen molar-refractivity contribution in [1.29, 1.82) is 0 Å². The van der Waals surface area contributed by atoms with Crippen molar-refractivity contribution in [2.24, 2.45) is 0 Å². The summed E-state index contributed by atoms with van der Waals surface area (Å²) in [6.07, 6.45) is 0.927. The molecule has 0 unspecified atom stereocenters. The molecule has 0 fully saturated rings. The lowest BCUT2D eigenvalue weighted by atomic mass is 10.3. The highest BCUT2D eigenvalue weighted by molar-refractivity contribution is 7.99. The molecule has 0 radical (unpaired) electrons. The number of rotatable bonds is 6. The maximum Gasteiger partial charge on any atom is 0.123 e. The third kappa shape index (κ3) is 4.83. The van der Waals surface area contributed by atoms with Gasteiger partial charge in [-0.25, -0.2) is 4.39 Å². The summed E-state index contributed by atoms with van der Waals surface area (Å²) in [7, 11) is 0. The molecule has 0 heterocycles. The van der Waals surface area contributed by atoms with E-state index < -0.39 is 0 Å². The van der Waals surface area contributed by atoms with Gasteiger partial charge in [0.05, 0.1) is 6.61 Å². The molecule has 100 valence electrons. The molecule has 2 aromatic rings. The number of nitrogen functional groups attached to an aromatic ring is 1. The number of halogens is 1. The van der Waals surface area contributed by atoms with E-state index in [2.05, 4.69) is 0 Å². The smallest absolute Gasteiger partial charge is 0.123 e. The normalized spacial score (nSPS) is 10.4. The standard InChI is InChI=1S/C15H16FNOS/c16-12-5-7-14(8-6-12)18-9-2-10-19-15-4-1-3-13(17)11-15/h1,3-8,11H,2,9-10,17H2. The number of nitrogens with two attached hydrogens (primary N) is 1. The van der Waals surface area contributed by atoms with Crippen molar-refractivity contribution >= 4 is 17.4 Å². The van der Waals surface area contributed by atoms with Crippen LogP contribution in [0.3, 0.4) is 0 Å². The zero-order chi connectivity index (χ0) is 13.5. The first-order chi connectivity index (χ1) is 9.24. The van der Waals surface area contributed by atoms with Gasteiger partial charge in [0.2, 0.25) is 0 Å². The Kier molecular flexibility index (Phi) is 5.10. The molecule has 0 saturated heterocycles. The lowest BCUT2D eigenvalue weighted by molar-refractivity contribution is 0.318. The van der Waals surface area contributed by atoms with E-state index in [1.807, 2.05) is 24.3 Å². The Balaban J connectivity index is 1.66. The minimum atomic E-state index is -0.246. The van der Waals surface area contributed by atoms with E-state index in [0.717, 1.165) is 17.9 Å². The lowest BCUT2D eigenvalue weighted by Gasteiger charge is -2.06. The molecule has 0 atom stereocenters.